The van der Waals surface area contributed by atoms with Gasteiger partial charge in [-0.05, 0) is 40.5 Å². The molecule has 64 valence electrons. The van der Waals surface area contributed by atoms with E-state index in [1.807, 2.05) is 25.1 Å². The first-order valence-electron chi connectivity index (χ1n) is 3.63. The van der Waals surface area contributed by atoms with Crippen LogP contribution in [-0.4, -0.2) is 5.91 Å². The predicted octanol–water partition coefficient (Wildman–Crippen LogP) is 2.72. The SMILES string of the molecule is CC(=O)Nc1cc(C)ccc1Br. The number of carbonyl (C=O) groups is 1. The van der Waals surface area contributed by atoms with Gasteiger partial charge in [0.25, 0.3) is 0 Å². The molecule has 0 unspecified atom stereocenters. The Kier molecular flexibility index (Phi) is 2.87. The fourth-order valence-corrected chi connectivity index (χ4v) is 1.27. The minimum absolute atomic E-state index is 0.0544. The maximum Gasteiger partial charge on any atom is 0.221 e. The van der Waals surface area contributed by atoms with E-state index >= 15 is 0 Å². The Morgan fingerprint density at radius 3 is 2.75 bits per heavy atom. The van der Waals surface area contributed by atoms with Gasteiger partial charge in [0.2, 0.25) is 5.91 Å². The van der Waals surface area contributed by atoms with E-state index in [0.717, 1.165) is 15.7 Å². The molecular weight excluding hydrogens is 218 g/mol. The second kappa shape index (κ2) is 3.72. The number of amides is 1. The molecule has 0 aromatic heterocycles. The normalized spacial score (nSPS) is 9.58. The van der Waals surface area contributed by atoms with E-state index in [9.17, 15) is 4.79 Å². The third-order valence-corrected chi connectivity index (χ3v) is 2.12. The van der Waals surface area contributed by atoms with Crippen molar-refractivity contribution in [3.63, 3.8) is 0 Å². The minimum atomic E-state index is -0.0544. The molecule has 3 heteroatoms. The molecule has 1 rings (SSSR count). The monoisotopic (exact) mass is 227 g/mol. The predicted molar refractivity (Wildman–Crippen MR) is 53.2 cm³/mol. The van der Waals surface area contributed by atoms with Gasteiger partial charge in [-0.3, -0.25) is 4.79 Å². The Bertz CT molecular complexity index is 309. The summed E-state index contributed by atoms with van der Waals surface area (Å²) in [6.07, 6.45) is 0. The van der Waals surface area contributed by atoms with Gasteiger partial charge >= 0.3 is 0 Å². The lowest BCUT2D eigenvalue weighted by Gasteiger charge is -2.05. The Balaban J connectivity index is 2.97. The first-order valence-corrected chi connectivity index (χ1v) is 4.42. The number of anilines is 1. The first-order chi connectivity index (χ1) is 5.59. The summed E-state index contributed by atoms with van der Waals surface area (Å²) in [6.45, 7) is 3.48. The molecule has 0 radical (unpaired) electrons. The molecule has 0 fully saturated rings. The molecule has 0 saturated heterocycles. The number of nitrogens with one attached hydrogen (secondary N) is 1. The van der Waals surface area contributed by atoms with E-state index in [4.69, 9.17) is 0 Å². The average Bonchev–Trinajstić information content (AvgIpc) is 1.96. The molecule has 0 heterocycles. The molecule has 1 aromatic rings. The summed E-state index contributed by atoms with van der Waals surface area (Å²) in [7, 11) is 0. The molecule has 1 aromatic carbocycles. The Morgan fingerprint density at radius 1 is 1.50 bits per heavy atom. The van der Waals surface area contributed by atoms with Gasteiger partial charge in [-0.1, -0.05) is 6.07 Å². The standard InChI is InChI=1S/C9H10BrNO/c1-6-3-4-8(10)9(5-6)11-7(2)12/h3-5H,1-2H3,(H,11,12). The number of hydrogen-bond donors (Lipinski definition) is 1. The zero-order valence-corrected chi connectivity index (χ0v) is 8.60. The zero-order valence-electron chi connectivity index (χ0n) is 7.02. The topological polar surface area (TPSA) is 29.1 Å². The highest BCUT2D eigenvalue weighted by atomic mass is 79.9. The van der Waals surface area contributed by atoms with Gasteiger partial charge in [0.15, 0.2) is 0 Å². The van der Waals surface area contributed by atoms with Gasteiger partial charge in [-0.15, -0.1) is 0 Å². The van der Waals surface area contributed by atoms with Crippen molar-refractivity contribution in [2.75, 3.05) is 5.32 Å². The minimum Gasteiger partial charge on any atom is -0.325 e. The van der Waals surface area contributed by atoms with E-state index in [1.165, 1.54) is 6.92 Å². The maximum atomic E-state index is 10.7. The number of halogens is 1. The summed E-state index contributed by atoms with van der Waals surface area (Å²) in [5, 5.41) is 2.73. The van der Waals surface area contributed by atoms with Crippen LogP contribution in [0.3, 0.4) is 0 Å². The number of benzene rings is 1. The Morgan fingerprint density at radius 2 is 2.17 bits per heavy atom. The summed E-state index contributed by atoms with van der Waals surface area (Å²) < 4.78 is 0.906. The number of rotatable bonds is 1. The molecule has 1 N–H and O–H groups in total. The van der Waals surface area contributed by atoms with Crippen molar-refractivity contribution in [2.24, 2.45) is 0 Å². The maximum absolute atomic E-state index is 10.7. The van der Waals surface area contributed by atoms with Crippen LogP contribution in [0, 0.1) is 6.92 Å². The Hall–Kier alpha value is -0.830. The van der Waals surface area contributed by atoms with E-state index in [-0.39, 0.29) is 5.91 Å². The van der Waals surface area contributed by atoms with Crippen LogP contribution >= 0.6 is 15.9 Å². The van der Waals surface area contributed by atoms with Crippen LogP contribution in [0.5, 0.6) is 0 Å². The van der Waals surface area contributed by atoms with Crippen LogP contribution in [0.1, 0.15) is 12.5 Å². The van der Waals surface area contributed by atoms with Crippen molar-refractivity contribution >= 4 is 27.5 Å². The molecule has 2 nitrogen and oxygen atoms in total. The van der Waals surface area contributed by atoms with Crippen molar-refractivity contribution in [3.8, 4) is 0 Å². The van der Waals surface area contributed by atoms with Gasteiger partial charge in [0, 0.05) is 11.4 Å². The van der Waals surface area contributed by atoms with Crippen molar-refractivity contribution in [2.45, 2.75) is 13.8 Å². The first kappa shape index (κ1) is 9.26. The highest BCUT2D eigenvalue weighted by Gasteiger charge is 2.00. The van der Waals surface area contributed by atoms with Gasteiger partial charge in [-0.2, -0.15) is 0 Å². The van der Waals surface area contributed by atoms with Crippen molar-refractivity contribution < 1.29 is 4.79 Å². The molecule has 12 heavy (non-hydrogen) atoms. The lowest BCUT2D eigenvalue weighted by atomic mass is 10.2. The van der Waals surface area contributed by atoms with Crippen molar-refractivity contribution in [3.05, 3.63) is 28.2 Å². The number of aryl methyl sites for hydroxylation is 1. The Labute approximate surface area is 80.1 Å². The molecule has 0 atom stereocenters. The largest absolute Gasteiger partial charge is 0.325 e. The van der Waals surface area contributed by atoms with Gasteiger partial charge < -0.3 is 5.32 Å². The summed E-state index contributed by atoms with van der Waals surface area (Å²) in [5.74, 6) is -0.0544. The fourth-order valence-electron chi connectivity index (χ4n) is 0.925. The molecule has 0 saturated carbocycles. The molecular formula is C9H10BrNO. The van der Waals surface area contributed by atoms with Crippen LogP contribution < -0.4 is 5.32 Å². The van der Waals surface area contributed by atoms with E-state index in [1.54, 1.807) is 0 Å². The third-order valence-electron chi connectivity index (χ3n) is 1.43. The summed E-state index contributed by atoms with van der Waals surface area (Å²) in [4.78, 5) is 10.7. The summed E-state index contributed by atoms with van der Waals surface area (Å²) in [6, 6.07) is 5.82. The van der Waals surface area contributed by atoms with Gasteiger partial charge in [-0.25, -0.2) is 0 Å². The summed E-state index contributed by atoms with van der Waals surface area (Å²) >= 11 is 3.34. The van der Waals surface area contributed by atoms with E-state index < -0.39 is 0 Å². The second-order valence-electron chi connectivity index (χ2n) is 2.66. The van der Waals surface area contributed by atoms with E-state index in [0.29, 0.717) is 0 Å². The molecule has 0 aliphatic carbocycles. The van der Waals surface area contributed by atoms with Crippen LogP contribution in [0.2, 0.25) is 0 Å². The van der Waals surface area contributed by atoms with Crippen LogP contribution in [-0.2, 0) is 4.79 Å². The fraction of sp³-hybridized carbons (Fsp3) is 0.222. The zero-order chi connectivity index (χ0) is 9.14. The lowest BCUT2D eigenvalue weighted by molar-refractivity contribution is -0.114. The molecule has 0 bridgehead atoms. The molecule has 0 spiro atoms. The van der Waals surface area contributed by atoms with Crippen LogP contribution in [0.15, 0.2) is 22.7 Å². The highest BCUT2D eigenvalue weighted by Crippen LogP contribution is 2.22. The van der Waals surface area contributed by atoms with Gasteiger partial charge in [0.05, 0.1) is 5.69 Å². The van der Waals surface area contributed by atoms with Gasteiger partial charge in [0.1, 0.15) is 0 Å². The van der Waals surface area contributed by atoms with Crippen molar-refractivity contribution in [1.29, 1.82) is 0 Å². The lowest BCUT2D eigenvalue weighted by Crippen LogP contribution is -2.06. The molecule has 1 amide bonds. The van der Waals surface area contributed by atoms with E-state index in [2.05, 4.69) is 21.2 Å². The van der Waals surface area contributed by atoms with Crippen LogP contribution in [0.25, 0.3) is 0 Å². The van der Waals surface area contributed by atoms with Crippen LogP contribution in [0.4, 0.5) is 5.69 Å². The quantitative estimate of drug-likeness (QED) is 0.786. The highest BCUT2D eigenvalue weighted by molar-refractivity contribution is 9.10. The molecule has 0 aliphatic heterocycles. The third kappa shape index (κ3) is 2.34. The summed E-state index contributed by atoms with van der Waals surface area (Å²) in [5.41, 5.74) is 1.95. The smallest absolute Gasteiger partial charge is 0.221 e. The van der Waals surface area contributed by atoms with Crippen molar-refractivity contribution in [1.82, 2.24) is 0 Å². The molecule has 0 aliphatic rings. The second-order valence-corrected chi connectivity index (χ2v) is 3.52. The number of carbonyl (C=O) groups excluding carboxylic acids is 1. The number of hydrogen-bond acceptors (Lipinski definition) is 1. The average molecular weight is 228 g/mol.